The van der Waals surface area contributed by atoms with Crippen molar-refractivity contribution in [1.82, 2.24) is 0 Å². The molecule has 0 aliphatic carbocycles. The second-order valence-corrected chi connectivity index (χ2v) is 3.33. The van der Waals surface area contributed by atoms with Gasteiger partial charge in [-0.2, -0.15) is 0 Å². The Morgan fingerprint density at radius 3 is 2.44 bits per heavy atom. The summed E-state index contributed by atoms with van der Waals surface area (Å²) in [6.07, 6.45) is 0. The van der Waals surface area contributed by atoms with E-state index in [1.807, 2.05) is 0 Å². The quantitative estimate of drug-likeness (QED) is 0.811. The van der Waals surface area contributed by atoms with Gasteiger partial charge in [-0.1, -0.05) is 24.3 Å². The minimum atomic E-state index is -1.13. The molecule has 0 bridgehead atoms. The monoisotopic (exact) mass is 218 g/mol. The summed E-state index contributed by atoms with van der Waals surface area (Å²) in [7, 11) is 1.41. The van der Waals surface area contributed by atoms with Crippen LogP contribution in [-0.4, -0.2) is 23.3 Å². The van der Waals surface area contributed by atoms with E-state index in [4.69, 9.17) is 9.84 Å². The van der Waals surface area contributed by atoms with Gasteiger partial charge in [0, 0.05) is 10.8 Å². The van der Waals surface area contributed by atoms with Crippen LogP contribution in [-0.2, 0) is 0 Å². The molecule has 0 radical (unpaired) electrons. The minimum absolute atomic E-state index is 0.0429. The molecule has 0 fully saturated rings. The highest BCUT2D eigenvalue weighted by molar-refractivity contribution is 6.03. The van der Waals surface area contributed by atoms with Crippen LogP contribution in [0, 0.1) is 0 Å². The molecule has 0 aromatic heterocycles. The second-order valence-electron chi connectivity index (χ2n) is 3.33. The number of carboxylic acids is 1. The zero-order chi connectivity index (χ0) is 11.7. The summed E-state index contributed by atoms with van der Waals surface area (Å²) in [6, 6.07) is 8.14. The molecule has 0 aliphatic heterocycles. The number of hydrogen-bond acceptors (Lipinski definition) is 3. The summed E-state index contributed by atoms with van der Waals surface area (Å²) in [4.78, 5) is 11.0. The number of carbonyl (C=O) groups is 1. The number of carboxylic acid groups (broad SMARTS) is 1. The molecular formula is C12H10O4. The molecule has 0 spiro atoms. The molecule has 2 aromatic rings. The summed E-state index contributed by atoms with van der Waals surface area (Å²) in [5, 5.41) is 19.9. The van der Waals surface area contributed by atoms with Crippen molar-refractivity contribution in [3.8, 4) is 11.5 Å². The fourth-order valence-corrected chi connectivity index (χ4v) is 1.71. The lowest BCUT2D eigenvalue weighted by Crippen LogP contribution is -2.01. The topological polar surface area (TPSA) is 66.8 Å². The van der Waals surface area contributed by atoms with E-state index in [1.165, 1.54) is 13.2 Å². The number of benzene rings is 2. The van der Waals surface area contributed by atoms with Gasteiger partial charge in [-0.05, 0) is 6.07 Å². The van der Waals surface area contributed by atoms with E-state index in [0.717, 1.165) is 0 Å². The molecule has 0 saturated carbocycles. The fraction of sp³-hybridized carbons (Fsp3) is 0.0833. The van der Waals surface area contributed by atoms with Crippen LogP contribution in [0.3, 0.4) is 0 Å². The zero-order valence-corrected chi connectivity index (χ0v) is 8.60. The van der Waals surface area contributed by atoms with Gasteiger partial charge < -0.3 is 14.9 Å². The van der Waals surface area contributed by atoms with Crippen molar-refractivity contribution in [3.63, 3.8) is 0 Å². The Morgan fingerprint density at radius 1 is 1.25 bits per heavy atom. The first-order valence-corrected chi connectivity index (χ1v) is 4.67. The maximum absolute atomic E-state index is 11.0. The molecule has 0 amide bonds. The molecule has 82 valence electrons. The van der Waals surface area contributed by atoms with Gasteiger partial charge in [-0.3, -0.25) is 0 Å². The summed E-state index contributed by atoms with van der Waals surface area (Å²) < 4.78 is 5.08. The molecule has 4 nitrogen and oxygen atoms in total. The lowest BCUT2D eigenvalue weighted by atomic mass is 10.0. The average molecular weight is 218 g/mol. The van der Waals surface area contributed by atoms with Crippen LogP contribution >= 0.6 is 0 Å². The Bertz CT molecular complexity index is 560. The zero-order valence-electron chi connectivity index (χ0n) is 8.60. The van der Waals surface area contributed by atoms with E-state index in [-0.39, 0.29) is 17.1 Å². The Kier molecular flexibility index (Phi) is 2.40. The third-order valence-electron chi connectivity index (χ3n) is 2.41. The standard InChI is InChI=1S/C12H10O4/c1-16-11-8-5-3-2-4-7(8)10(13)6-9(11)12(14)15/h2-6,13H,1H3,(H,14,15). The van der Waals surface area contributed by atoms with Crippen LogP contribution in [0.15, 0.2) is 30.3 Å². The normalized spacial score (nSPS) is 10.3. The predicted molar refractivity (Wildman–Crippen MR) is 59.1 cm³/mol. The van der Waals surface area contributed by atoms with Gasteiger partial charge in [-0.15, -0.1) is 0 Å². The lowest BCUT2D eigenvalue weighted by molar-refractivity contribution is 0.0693. The molecule has 2 rings (SSSR count). The van der Waals surface area contributed by atoms with E-state index < -0.39 is 5.97 Å². The van der Waals surface area contributed by atoms with E-state index in [9.17, 15) is 9.90 Å². The Balaban J connectivity index is 2.90. The van der Waals surface area contributed by atoms with Gasteiger partial charge in [0.2, 0.25) is 0 Å². The van der Waals surface area contributed by atoms with Gasteiger partial charge in [0.25, 0.3) is 0 Å². The number of aromatic carboxylic acids is 1. The number of phenolic OH excluding ortho intramolecular Hbond substituents is 1. The van der Waals surface area contributed by atoms with Crippen LogP contribution in [0.1, 0.15) is 10.4 Å². The van der Waals surface area contributed by atoms with E-state index in [1.54, 1.807) is 24.3 Å². The van der Waals surface area contributed by atoms with Gasteiger partial charge in [-0.25, -0.2) is 4.79 Å². The van der Waals surface area contributed by atoms with Crippen molar-refractivity contribution in [2.45, 2.75) is 0 Å². The third kappa shape index (κ3) is 1.44. The number of methoxy groups -OCH3 is 1. The fourth-order valence-electron chi connectivity index (χ4n) is 1.71. The maximum atomic E-state index is 11.0. The lowest BCUT2D eigenvalue weighted by Gasteiger charge is -2.10. The minimum Gasteiger partial charge on any atom is -0.507 e. The molecule has 0 unspecified atom stereocenters. The molecule has 0 aliphatic rings. The van der Waals surface area contributed by atoms with Gasteiger partial charge in [0.05, 0.1) is 7.11 Å². The van der Waals surface area contributed by atoms with Crippen molar-refractivity contribution in [3.05, 3.63) is 35.9 Å². The van der Waals surface area contributed by atoms with Crippen molar-refractivity contribution in [1.29, 1.82) is 0 Å². The first kappa shape index (κ1) is 10.3. The molecule has 0 heterocycles. The number of ether oxygens (including phenoxy) is 1. The predicted octanol–water partition coefficient (Wildman–Crippen LogP) is 2.25. The number of phenols is 1. The largest absolute Gasteiger partial charge is 0.507 e. The van der Waals surface area contributed by atoms with Gasteiger partial charge >= 0.3 is 5.97 Å². The molecule has 16 heavy (non-hydrogen) atoms. The van der Waals surface area contributed by atoms with E-state index in [0.29, 0.717) is 10.8 Å². The van der Waals surface area contributed by atoms with Gasteiger partial charge in [0.15, 0.2) is 0 Å². The van der Waals surface area contributed by atoms with Crippen LogP contribution in [0.25, 0.3) is 10.8 Å². The van der Waals surface area contributed by atoms with Crippen molar-refractivity contribution in [2.24, 2.45) is 0 Å². The highest BCUT2D eigenvalue weighted by Crippen LogP contribution is 2.35. The van der Waals surface area contributed by atoms with Crippen molar-refractivity contribution >= 4 is 16.7 Å². The smallest absolute Gasteiger partial charge is 0.339 e. The summed E-state index contributed by atoms with van der Waals surface area (Å²) >= 11 is 0. The summed E-state index contributed by atoms with van der Waals surface area (Å²) in [5.41, 5.74) is -0.0429. The number of rotatable bonds is 2. The van der Waals surface area contributed by atoms with Crippen molar-refractivity contribution in [2.75, 3.05) is 7.11 Å². The van der Waals surface area contributed by atoms with Crippen molar-refractivity contribution < 1.29 is 19.7 Å². The number of hydrogen-bond donors (Lipinski definition) is 2. The average Bonchev–Trinajstić information content (AvgIpc) is 2.29. The Hall–Kier alpha value is -2.23. The van der Waals surface area contributed by atoms with Crippen LogP contribution in [0.4, 0.5) is 0 Å². The first-order chi connectivity index (χ1) is 7.65. The van der Waals surface area contributed by atoms with E-state index >= 15 is 0 Å². The molecular weight excluding hydrogens is 208 g/mol. The third-order valence-corrected chi connectivity index (χ3v) is 2.41. The van der Waals surface area contributed by atoms with Gasteiger partial charge in [0.1, 0.15) is 17.1 Å². The molecule has 0 saturated heterocycles. The van der Waals surface area contributed by atoms with Crippen LogP contribution < -0.4 is 4.74 Å². The first-order valence-electron chi connectivity index (χ1n) is 4.67. The Morgan fingerprint density at radius 2 is 1.88 bits per heavy atom. The maximum Gasteiger partial charge on any atom is 0.339 e. The molecule has 4 heteroatoms. The molecule has 2 aromatic carbocycles. The summed E-state index contributed by atoms with van der Waals surface area (Å²) in [5.74, 6) is -0.924. The Labute approximate surface area is 91.7 Å². The highest BCUT2D eigenvalue weighted by atomic mass is 16.5. The van der Waals surface area contributed by atoms with E-state index in [2.05, 4.69) is 0 Å². The highest BCUT2D eigenvalue weighted by Gasteiger charge is 2.16. The van der Waals surface area contributed by atoms with Crippen LogP contribution in [0.2, 0.25) is 0 Å². The summed E-state index contributed by atoms with van der Waals surface area (Å²) in [6.45, 7) is 0. The molecule has 2 N–H and O–H groups in total. The number of fused-ring (bicyclic) bond motifs is 1. The molecule has 0 atom stereocenters. The SMILES string of the molecule is COc1c(C(=O)O)cc(O)c2ccccc12. The van der Waals surface area contributed by atoms with Crippen LogP contribution in [0.5, 0.6) is 11.5 Å². The second kappa shape index (κ2) is 3.73. The number of aromatic hydroxyl groups is 1.